The highest BCUT2D eigenvalue weighted by atomic mass is 127. The van der Waals surface area contributed by atoms with E-state index < -0.39 is 0 Å². The van der Waals surface area contributed by atoms with E-state index >= 15 is 0 Å². The second-order valence-corrected chi connectivity index (χ2v) is 10.4. The van der Waals surface area contributed by atoms with E-state index in [1.165, 1.54) is 13.5 Å². The molecule has 1 aliphatic carbocycles. The fourth-order valence-corrected chi connectivity index (χ4v) is 6.19. The Morgan fingerprint density at radius 1 is 1.23 bits per heavy atom. The number of hydrogen-bond acceptors (Lipinski definition) is 5. The number of hydrogen-bond donors (Lipinski definition) is 2. The van der Waals surface area contributed by atoms with Gasteiger partial charge in [0.2, 0.25) is 0 Å². The van der Waals surface area contributed by atoms with Crippen LogP contribution in [0.5, 0.6) is 11.5 Å². The third-order valence-corrected chi connectivity index (χ3v) is 7.93. The van der Waals surface area contributed by atoms with E-state index in [2.05, 4.69) is 39.7 Å². The van der Waals surface area contributed by atoms with Crippen LogP contribution in [0, 0.1) is 9.49 Å². The number of halogens is 1. The van der Waals surface area contributed by atoms with Gasteiger partial charge in [0, 0.05) is 11.7 Å². The van der Waals surface area contributed by atoms with E-state index in [0.29, 0.717) is 20.1 Å². The highest BCUT2D eigenvalue weighted by molar-refractivity contribution is 14.1. The lowest BCUT2D eigenvalue weighted by molar-refractivity contribution is -0.129. The van der Waals surface area contributed by atoms with Crippen LogP contribution in [0.3, 0.4) is 0 Å². The van der Waals surface area contributed by atoms with Crippen molar-refractivity contribution in [2.75, 3.05) is 12.4 Å². The Kier molecular flexibility index (Phi) is 7.01. The quantitative estimate of drug-likeness (QED) is 0.359. The maximum atomic E-state index is 13.6. The van der Waals surface area contributed by atoms with E-state index in [9.17, 15) is 9.90 Å². The van der Waals surface area contributed by atoms with Crippen molar-refractivity contribution in [3.63, 3.8) is 0 Å². The molecule has 1 unspecified atom stereocenters. The molecule has 0 aromatic heterocycles. The molecule has 2 fully saturated rings. The van der Waals surface area contributed by atoms with Gasteiger partial charge in [0.1, 0.15) is 0 Å². The molecular formula is C24H27IN2O3S. The van der Waals surface area contributed by atoms with Gasteiger partial charge in [-0.1, -0.05) is 49.7 Å². The summed E-state index contributed by atoms with van der Waals surface area (Å²) in [6, 6.07) is 13.9. The number of aromatic hydroxyl groups is 1. The lowest BCUT2D eigenvalue weighted by Crippen LogP contribution is -2.48. The van der Waals surface area contributed by atoms with Gasteiger partial charge in [-0.25, -0.2) is 0 Å². The summed E-state index contributed by atoms with van der Waals surface area (Å²) in [6.45, 7) is 2.26. The zero-order chi connectivity index (χ0) is 22.0. The van der Waals surface area contributed by atoms with Gasteiger partial charge in [-0.3, -0.25) is 4.79 Å². The van der Waals surface area contributed by atoms with Gasteiger partial charge in [0.25, 0.3) is 5.91 Å². The van der Waals surface area contributed by atoms with Crippen molar-refractivity contribution in [1.82, 2.24) is 4.90 Å². The normalized spacial score (nSPS) is 25.1. The summed E-state index contributed by atoms with van der Waals surface area (Å²) in [7, 11) is 1.53. The molecule has 2 N–H and O–H groups in total. The van der Waals surface area contributed by atoms with Gasteiger partial charge < -0.3 is 20.1 Å². The van der Waals surface area contributed by atoms with E-state index in [0.717, 1.165) is 30.5 Å². The summed E-state index contributed by atoms with van der Waals surface area (Å²) in [5, 5.41) is 13.7. The number of rotatable bonds is 5. The first-order chi connectivity index (χ1) is 15.0. The number of nitrogens with zero attached hydrogens (tertiary/aromatic N) is 1. The number of phenols is 1. The summed E-state index contributed by atoms with van der Waals surface area (Å²) < 4.78 is 5.98. The van der Waals surface area contributed by atoms with Crippen LogP contribution in [0.15, 0.2) is 47.4 Å². The van der Waals surface area contributed by atoms with E-state index in [1.807, 2.05) is 42.5 Å². The van der Waals surface area contributed by atoms with Gasteiger partial charge in [-0.15, -0.1) is 0 Å². The fourth-order valence-electron chi connectivity index (χ4n) is 4.35. The largest absolute Gasteiger partial charge is 0.504 e. The van der Waals surface area contributed by atoms with Crippen LogP contribution in [0.2, 0.25) is 0 Å². The van der Waals surface area contributed by atoms with Crippen molar-refractivity contribution >= 4 is 52.0 Å². The Morgan fingerprint density at radius 3 is 2.68 bits per heavy atom. The average Bonchev–Trinajstić information content (AvgIpc) is 3.06. The summed E-state index contributed by atoms with van der Waals surface area (Å²) in [4.78, 5) is 16.3. The number of benzene rings is 2. The van der Waals surface area contributed by atoms with E-state index in [4.69, 9.17) is 4.74 Å². The molecule has 7 heteroatoms. The third-order valence-electron chi connectivity index (χ3n) is 5.99. The number of ether oxygens (including phenoxy) is 1. The number of carbonyl (C=O) groups excluding carboxylic acids is 1. The molecule has 5 nitrogen and oxygen atoms in total. The standard InChI is InChI=1S/C24H27IN2O3S/c1-15-8-6-7-11-19(15)27-23(29)21(31-24(27)26-17-9-4-3-5-10-17)14-16-12-18(25)22(28)20(13-16)30-2/h3-5,9-10,12-15,19,24,26,28H,6-8,11H2,1-2H3/b21-14-/t15-,19+,24?/m1/s1. The maximum Gasteiger partial charge on any atom is 0.262 e. The Balaban J connectivity index is 1.67. The monoisotopic (exact) mass is 550 g/mol. The Morgan fingerprint density at radius 2 is 1.97 bits per heavy atom. The van der Waals surface area contributed by atoms with Gasteiger partial charge in [0.05, 0.1) is 15.6 Å². The van der Waals surface area contributed by atoms with Gasteiger partial charge in [0.15, 0.2) is 17.0 Å². The average molecular weight is 550 g/mol. The van der Waals surface area contributed by atoms with Crippen LogP contribution in [-0.2, 0) is 4.79 Å². The lowest BCUT2D eigenvalue weighted by Gasteiger charge is -2.39. The molecule has 1 heterocycles. The Hall–Kier alpha value is -1.87. The molecule has 1 aliphatic heterocycles. The number of methoxy groups -OCH3 is 1. The summed E-state index contributed by atoms with van der Waals surface area (Å²) in [6.07, 6.45) is 6.50. The minimum Gasteiger partial charge on any atom is -0.504 e. The second-order valence-electron chi connectivity index (χ2n) is 8.08. The number of nitrogens with one attached hydrogen (secondary N) is 1. The smallest absolute Gasteiger partial charge is 0.262 e. The molecule has 3 atom stereocenters. The number of phenolic OH excluding ortho intramolecular Hbond substituents is 1. The Labute approximate surface area is 201 Å². The molecular weight excluding hydrogens is 523 g/mol. The van der Waals surface area contributed by atoms with E-state index in [-0.39, 0.29) is 23.2 Å². The first-order valence-corrected chi connectivity index (χ1v) is 12.5. The molecule has 0 spiro atoms. The highest BCUT2D eigenvalue weighted by Gasteiger charge is 2.42. The van der Waals surface area contributed by atoms with Crippen molar-refractivity contribution in [2.24, 2.45) is 5.92 Å². The number of amides is 1. The van der Waals surface area contributed by atoms with Crippen molar-refractivity contribution in [1.29, 1.82) is 0 Å². The van der Waals surface area contributed by atoms with Crippen LogP contribution < -0.4 is 10.1 Å². The van der Waals surface area contributed by atoms with Crippen molar-refractivity contribution in [2.45, 2.75) is 44.1 Å². The third kappa shape index (κ3) is 4.82. The number of thioether (sulfide) groups is 1. The van der Waals surface area contributed by atoms with Crippen LogP contribution in [0.1, 0.15) is 38.2 Å². The van der Waals surface area contributed by atoms with Crippen LogP contribution in [0.25, 0.3) is 6.08 Å². The summed E-state index contributed by atoms with van der Waals surface area (Å²) >= 11 is 3.63. The predicted octanol–water partition coefficient (Wildman–Crippen LogP) is 5.90. The van der Waals surface area contributed by atoms with Gasteiger partial charge >= 0.3 is 0 Å². The molecule has 1 saturated carbocycles. The molecule has 0 bridgehead atoms. The predicted molar refractivity (Wildman–Crippen MR) is 135 cm³/mol. The molecule has 1 saturated heterocycles. The SMILES string of the molecule is COc1cc(/C=C2\SC(Nc3ccccc3)N([C@H]3CCCC[C@H]3C)C2=O)cc(I)c1O. The molecule has 1 amide bonds. The molecule has 164 valence electrons. The zero-order valence-corrected chi connectivity index (χ0v) is 20.7. The number of anilines is 1. The van der Waals surface area contributed by atoms with E-state index in [1.54, 1.807) is 17.8 Å². The molecule has 2 aromatic carbocycles. The Bertz CT molecular complexity index is 982. The van der Waals surface area contributed by atoms with Gasteiger partial charge in [-0.05, 0) is 77.3 Å². The van der Waals surface area contributed by atoms with Crippen molar-refractivity contribution < 1.29 is 14.6 Å². The molecule has 31 heavy (non-hydrogen) atoms. The zero-order valence-electron chi connectivity index (χ0n) is 17.7. The van der Waals surface area contributed by atoms with Crippen LogP contribution >= 0.6 is 34.4 Å². The van der Waals surface area contributed by atoms with Crippen LogP contribution in [-0.4, -0.2) is 34.6 Å². The minimum absolute atomic E-state index is 0.0687. The first kappa shape index (κ1) is 22.3. The number of carbonyl (C=O) groups is 1. The van der Waals surface area contributed by atoms with Crippen LogP contribution in [0.4, 0.5) is 5.69 Å². The fraction of sp³-hybridized carbons (Fsp3) is 0.375. The molecule has 2 aromatic rings. The first-order valence-electron chi connectivity index (χ1n) is 10.6. The summed E-state index contributed by atoms with van der Waals surface area (Å²) in [5.41, 5.74) is 1.69. The van der Waals surface area contributed by atoms with Gasteiger partial charge in [-0.2, -0.15) is 0 Å². The maximum absolute atomic E-state index is 13.6. The molecule has 2 aliphatic rings. The van der Waals surface area contributed by atoms with Crippen molar-refractivity contribution in [3.8, 4) is 11.5 Å². The molecule has 4 rings (SSSR count). The highest BCUT2D eigenvalue weighted by Crippen LogP contribution is 2.43. The molecule has 0 radical (unpaired) electrons. The number of para-hydroxylation sites is 1. The van der Waals surface area contributed by atoms with Crippen molar-refractivity contribution in [3.05, 3.63) is 56.5 Å². The minimum atomic E-state index is -0.148. The topological polar surface area (TPSA) is 61.8 Å². The lowest BCUT2D eigenvalue weighted by atomic mass is 9.85. The second kappa shape index (κ2) is 9.73. The summed E-state index contributed by atoms with van der Waals surface area (Å²) in [5.74, 6) is 1.08.